The maximum absolute atomic E-state index is 5.89. The summed E-state index contributed by atoms with van der Waals surface area (Å²) in [6.45, 7) is 1.96. The van der Waals surface area contributed by atoms with Crippen LogP contribution in [0.3, 0.4) is 0 Å². The Balaban J connectivity index is 2.93. The summed E-state index contributed by atoms with van der Waals surface area (Å²) in [6, 6.07) is 3.80. The molecule has 0 saturated heterocycles. The Bertz CT molecular complexity index is 392. The topological polar surface area (TPSA) is 28.7 Å². The predicted octanol–water partition coefficient (Wildman–Crippen LogP) is 2.52. The molecule has 1 aromatic heterocycles. The smallest absolute Gasteiger partial charge is 0.0932 e. The van der Waals surface area contributed by atoms with Crippen molar-refractivity contribution in [2.75, 3.05) is 0 Å². The molecule has 2 aromatic rings. The van der Waals surface area contributed by atoms with E-state index in [1.807, 2.05) is 19.1 Å². The molecule has 0 fully saturated rings. The molecule has 0 unspecified atom stereocenters. The van der Waals surface area contributed by atoms with Gasteiger partial charge in [0.05, 0.1) is 17.4 Å². The second-order valence-electron chi connectivity index (χ2n) is 2.47. The fourth-order valence-electron chi connectivity index (χ4n) is 1.12. The lowest BCUT2D eigenvalue weighted by Crippen LogP contribution is -1.77. The van der Waals surface area contributed by atoms with Gasteiger partial charge in [0.25, 0.3) is 0 Å². The molecule has 11 heavy (non-hydrogen) atoms. The van der Waals surface area contributed by atoms with Gasteiger partial charge in [-0.3, -0.25) is 0 Å². The average Bonchev–Trinajstić information content (AvgIpc) is 2.45. The number of nitrogens with zero attached hydrogens (tertiary/aromatic N) is 1. The lowest BCUT2D eigenvalue weighted by molar-refractivity contribution is 1.34. The van der Waals surface area contributed by atoms with E-state index in [1.54, 1.807) is 6.33 Å². The third-order valence-corrected chi connectivity index (χ3v) is 2.19. The van der Waals surface area contributed by atoms with Crippen LogP contribution in [-0.4, -0.2) is 9.97 Å². The Morgan fingerprint density at radius 3 is 3.09 bits per heavy atom. The molecule has 2 rings (SSSR count). The molecule has 3 heteroatoms. The summed E-state index contributed by atoms with van der Waals surface area (Å²) in [6.07, 6.45) is 1.67. The summed E-state index contributed by atoms with van der Waals surface area (Å²) in [7, 11) is 0. The molecule has 1 N–H and O–H groups in total. The van der Waals surface area contributed by atoms with Crippen LogP contribution in [0.4, 0.5) is 0 Å². The summed E-state index contributed by atoms with van der Waals surface area (Å²) in [4.78, 5) is 7.16. The second-order valence-corrected chi connectivity index (χ2v) is 2.88. The maximum Gasteiger partial charge on any atom is 0.0932 e. The number of hydrogen-bond acceptors (Lipinski definition) is 1. The van der Waals surface area contributed by atoms with Crippen molar-refractivity contribution in [3.8, 4) is 0 Å². The maximum atomic E-state index is 5.89. The minimum Gasteiger partial charge on any atom is -0.345 e. The van der Waals surface area contributed by atoms with E-state index in [9.17, 15) is 0 Å². The van der Waals surface area contributed by atoms with Gasteiger partial charge in [-0.15, -0.1) is 0 Å². The van der Waals surface area contributed by atoms with Crippen LogP contribution in [0.2, 0.25) is 5.02 Å². The number of fused-ring (bicyclic) bond motifs is 1. The number of aromatic amines is 1. The van der Waals surface area contributed by atoms with Crippen LogP contribution >= 0.6 is 11.6 Å². The Morgan fingerprint density at radius 1 is 1.45 bits per heavy atom. The highest BCUT2D eigenvalue weighted by molar-refractivity contribution is 6.32. The number of aryl methyl sites for hydroxylation is 1. The Hall–Kier alpha value is -1.02. The highest BCUT2D eigenvalue weighted by Crippen LogP contribution is 2.21. The molecule has 56 valence electrons. The third-order valence-electron chi connectivity index (χ3n) is 1.78. The predicted molar refractivity (Wildman–Crippen MR) is 45.8 cm³/mol. The highest BCUT2D eigenvalue weighted by Gasteiger charge is 2.01. The molecule has 0 radical (unpaired) electrons. The van der Waals surface area contributed by atoms with Crippen LogP contribution < -0.4 is 0 Å². The number of benzene rings is 1. The molecule has 0 bridgehead atoms. The Labute approximate surface area is 69.2 Å². The van der Waals surface area contributed by atoms with Gasteiger partial charge in [0.15, 0.2) is 0 Å². The normalized spacial score (nSPS) is 10.7. The van der Waals surface area contributed by atoms with Gasteiger partial charge in [-0.2, -0.15) is 0 Å². The number of hydrogen-bond donors (Lipinski definition) is 1. The van der Waals surface area contributed by atoms with E-state index in [-0.39, 0.29) is 0 Å². The first kappa shape index (κ1) is 6.68. The Kier molecular flexibility index (Phi) is 1.36. The van der Waals surface area contributed by atoms with E-state index < -0.39 is 0 Å². The quantitative estimate of drug-likeness (QED) is 0.640. The number of imidazole rings is 1. The van der Waals surface area contributed by atoms with Crippen molar-refractivity contribution >= 4 is 22.6 Å². The standard InChI is InChI=1S/C8H7ClN2/c1-5-6(9)2-3-7-8(5)11-4-10-7/h2-4H,1H3,(H,10,11). The first-order chi connectivity index (χ1) is 5.29. The number of aromatic nitrogens is 2. The van der Waals surface area contributed by atoms with Gasteiger partial charge >= 0.3 is 0 Å². The molecule has 0 aliphatic rings. The summed E-state index contributed by atoms with van der Waals surface area (Å²) in [5.74, 6) is 0. The van der Waals surface area contributed by atoms with Crippen LogP contribution in [0.5, 0.6) is 0 Å². The van der Waals surface area contributed by atoms with Gasteiger partial charge in [0.1, 0.15) is 0 Å². The third kappa shape index (κ3) is 0.906. The van der Waals surface area contributed by atoms with Crippen molar-refractivity contribution in [3.05, 3.63) is 29.0 Å². The number of H-pyrrole nitrogens is 1. The molecule has 0 spiro atoms. The molecule has 0 atom stereocenters. The molecule has 1 aromatic carbocycles. The van der Waals surface area contributed by atoms with E-state index in [0.29, 0.717) is 0 Å². The van der Waals surface area contributed by atoms with Gasteiger partial charge in [-0.1, -0.05) is 11.6 Å². The number of halogens is 1. The zero-order valence-corrected chi connectivity index (χ0v) is 6.81. The fraction of sp³-hybridized carbons (Fsp3) is 0.125. The van der Waals surface area contributed by atoms with E-state index in [4.69, 9.17) is 11.6 Å². The van der Waals surface area contributed by atoms with Crippen LogP contribution in [0.1, 0.15) is 5.56 Å². The van der Waals surface area contributed by atoms with E-state index in [1.165, 1.54) is 0 Å². The number of nitrogens with one attached hydrogen (secondary N) is 1. The van der Waals surface area contributed by atoms with Gasteiger partial charge in [-0.05, 0) is 24.6 Å². The molecule has 0 saturated carbocycles. The zero-order chi connectivity index (χ0) is 7.84. The molecule has 1 heterocycles. The summed E-state index contributed by atoms with van der Waals surface area (Å²) < 4.78 is 0. The van der Waals surface area contributed by atoms with Gasteiger partial charge in [0.2, 0.25) is 0 Å². The summed E-state index contributed by atoms with van der Waals surface area (Å²) in [5, 5.41) is 0.768. The van der Waals surface area contributed by atoms with Crippen LogP contribution in [-0.2, 0) is 0 Å². The molecular weight excluding hydrogens is 160 g/mol. The number of rotatable bonds is 0. The zero-order valence-electron chi connectivity index (χ0n) is 6.06. The van der Waals surface area contributed by atoms with Crippen molar-refractivity contribution in [2.45, 2.75) is 6.92 Å². The fourth-order valence-corrected chi connectivity index (χ4v) is 1.28. The monoisotopic (exact) mass is 166 g/mol. The first-order valence-corrected chi connectivity index (χ1v) is 3.75. The summed E-state index contributed by atoms with van der Waals surface area (Å²) >= 11 is 5.89. The molecule has 0 aliphatic heterocycles. The largest absolute Gasteiger partial charge is 0.345 e. The second kappa shape index (κ2) is 2.24. The van der Waals surface area contributed by atoms with Gasteiger partial charge < -0.3 is 4.98 Å². The minimum absolute atomic E-state index is 0.768. The lowest BCUT2D eigenvalue weighted by Gasteiger charge is -1.96. The molecule has 0 amide bonds. The van der Waals surface area contributed by atoms with Gasteiger partial charge in [-0.25, -0.2) is 4.98 Å². The van der Waals surface area contributed by atoms with Crippen LogP contribution in [0, 0.1) is 6.92 Å². The van der Waals surface area contributed by atoms with E-state index in [2.05, 4.69) is 9.97 Å². The lowest BCUT2D eigenvalue weighted by atomic mass is 10.2. The average molecular weight is 167 g/mol. The summed E-state index contributed by atoms with van der Waals surface area (Å²) in [5.41, 5.74) is 3.02. The van der Waals surface area contributed by atoms with Crippen LogP contribution in [0.15, 0.2) is 18.5 Å². The molecule has 0 aliphatic carbocycles. The highest BCUT2D eigenvalue weighted by atomic mass is 35.5. The van der Waals surface area contributed by atoms with Crippen molar-refractivity contribution in [1.82, 2.24) is 9.97 Å². The first-order valence-electron chi connectivity index (χ1n) is 3.37. The minimum atomic E-state index is 0.768. The van der Waals surface area contributed by atoms with Crippen molar-refractivity contribution in [2.24, 2.45) is 0 Å². The van der Waals surface area contributed by atoms with Crippen molar-refractivity contribution in [1.29, 1.82) is 0 Å². The van der Waals surface area contributed by atoms with E-state index >= 15 is 0 Å². The van der Waals surface area contributed by atoms with Gasteiger partial charge in [0, 0.05) is 5.02 Å². The van der Waals surface area contributed by atoms with Crippen LogP contribution in [0.25, 0.3) is 11.0 Å². The molecule has 2 nitrogen and oxygen atoms in total. The van der Waals surface area contributed by atoms with Crippen molar-refractivity contribution in [3.63, 3.8) is 0 Å². The Morgan fingerprint density at radius 2 is 2.27 bits per heavy atom. The van der Waals surface area contributed by atoms with E-state index in [0.717, 1.165) is 21.6 Å². The molecular formula is C8H7ClN2. The SMILES string of the molecule is Cc1c(Cl)ccc2[nH]cnc12. The van der Waals surface area contributed by atoms with Crippen molar-refractivity contribution < 1.29 is 0 Å².